The normalized spacial score (nSPS) is 19.7. The molecular weight excluding hydrogens is 502 g/mol. The summed E-state index contributed by atoms with van der Waals surface area (Å²) in [7, 11) is 1.64. The van der Waals surface area contributed by atoms with Gasteiger partial charge in [-0.3, -0.25) is 0 Å². The minimum atomic E-state index is -0.800. The lowest BCUT2D eigenvalue weighted by molar-refractivity contribution is -0.191. The number of piperidine rings is 1. The van der Waals surface area contributed by atoms with Gasteiger partial charge in [-0.2, -0.15) is 0 Å². The maximum absolute atomic E-state index is 13.1. The van der Waals surface area contributed by atoms with Crippen molar-refractivity contribution >= 4 is 17.7 Å². The van der Waals surface area contributed by atoms with Crippen LogP contribution >= 0.6 is 11.6 Å². The first-order valence-electron chi connectivity index (χ1n) is 12.8. The lowest BCUT2D eigenvalue weighted by atomic mass is 9.81. The minimum Gasteiger partial charge on any atom is -0.497 e. The topological polar surface area (TPSA) is 57.2 Å². The number of likely N-dealkylation sites (tertiary alicyclic amines) is 1. The molecule has 7 heteroatoms. The smallest absolute Gasteiger partial charge is 0.410 e. The quantitative estimate of drug-likeness (QED) is 0.310. The molecule has 0 aliphatic carbocycles. The van der Waals surface area contributed by atoms with Crippen LogP contribution < -0.4 is 4.74 Å². The fraction of sp³-hybridized carbons (Fsp3) is 0.387. The molecular formula is C31H36ClNO5. The van der Waals surface area contributed by atoms with Gasteiger partial charge in [0, 0.05) is 18.0 Å². The lowest BCUT2D eigenvalue weighted by Gasteiger charge is -2.47. The summed E-state index contributed by atoms with van der Waals surface area (Å²) in [6.07, 6.45) is -0.285. The summed E-state index contributed by atoms with van der Waals surface area (Å²) in [6, 6.07) is 25.5. The SMILES string of the molecule is COc1ccc(CO[C@H]2CN(C(=O)OC(C)(C)C)CC[C@]2(OCc2ccccc2)c2ccc(Cl)cc2)cc1. The zero-order valence-corrected chi connectivity index (χ0v) is 23.2. The lowest BCUT2D eigenvalue weighted by Crippen LogP contribution is -2.57. The van der Waals surface area contributed by atoms with Crippen LogP contribution in [0, 0.1) is 0 Å². The van der Waals surface area contributed by atoms with Crippen LogP contribution in [0.15, 0.2) is 78.9 Å². The Hall–Kier alpha value is -3.06. The molecule has 202 valence electrons. The van der Waals surface area contributed by atoms with E-state index in [-0.39, 0.29) is 6.09 Å². The van der Waals surface area contributed by atoms with Crippen molar-refractivity contribution in [1.29, 1.82) is 0 Å². The van der Waals surface area contributed by atoms with Crippen LogP contribution in [-0.4, -0.2) is 42.9 Å². The van der Waals surface area contributed by atoms with Crippen LogP contribution in [0.25, 0.3) is 0 Å². The molecule has 6 nitrogen and oxygen atoms in total. The molecule has 2 atom stereocenters. The number of hydrogen-bond acceptors (Lipinski definition) is 5. The predicted octanol–water partition coefficient (Wildman–Crippen LogP) is 6.99. The molecule has 1 aliphatic heterocycles. The molecule has 0 saturated carbocycles. The van der Waals surface area contributed by atoms with E-state index >= 15 is 0 Å². The van der Waals surface area contributed by atoms with E-state index in [1.807, 2.05) is 99.6 Å². The van der Waals surface area contributed by atoms with Gasteiger partial charge in [-0.15, -0.1) is 0 Å². The zero-order valence-electron chi connectivity index (χ0n) is 22.5. The van der Waals surface area contributed by atoms with Crippen molar-refractivity contribution < 1.29 is 23.7 Å². The zero-order chi connectivity index (χ0) is 27.2. The molecule has 1 amide bonds. The number of nitrogens with zero attached hydrogens (tertiary/aromatic N) is 1. The van der Waals surface area contributed by atoms with E-state index in [2.05, 4.69) is 0 Å². The number of halogens is 1. The molecule has 1 saturated heterocycles. The van der Waals surface area contributed by atoms with Gasteiger partial charge in [0.05, 0.1) is 26.9 Å². The van der Waals surface area contributed by atoms with Crippen molar-refractivity contribution in [3.63, 3.8) is 0 Å². The molecule has 1 aliphatic rings. The second-order valence-corrected chi connectivity index (χ2v) is 10.9. The van der Waals surface area contributed by atoms with Crippen molar-refractivity contribution in [3.8, 4) is 5.75 Å². The largest absolute Gasteiger partial charge is 0.497 e. The second kappa shape index (κ2) is 12.2. The summed E-state index contributed by atoms with van der Waals surface area (Å²) in [5.41, 5.74) is 1.62. The van der Waals surface area contributed by atoms with E-state index < -0.39 is 17.3 Å². The summed E-state index contributed by atoms with van der Waals surface area (Å²) in [4.78, 5) is 14.8. The Morgan fingerprint density at radius 1 is 0.947 bits per heavy atom. The Bertz CT molecular complexity index is 1180. The fourth-order valence-electron chi connectivity index (χ4n) is 4.60. The van der Waals surface area contributed by atoms with Crippen LogP contribution in [0.3, 0.4) is 0 Å². The Labute approximate surface area is 230 Å². The monoisotopic (exact) mass is 537 g/mol. The summed E-state index contributed by atoms with van der Waals surface area (Å²) < 4.78 is 24.4. The highest BCUT2D eigenvalue weighted by Crippen LogP contribution is 2.41. The molecule has 1 heterocycles. The number of methoxy groups -OCH3 is 1. The predicted molar refractivity (Wildman–Crippen MR) is 148 cm³/mol. The maximum Gasteiger partial charge on any atom is 0.410 e. The number of benzene rings is 3. The first-order chi connectivity index (χ1) is 18.2. The van der Waals surface area contributed by atoms with E-state index in [1.165, 1.54) is 0 Å². The van der Waals surface area contributed by atoms with E-state index in [9.17, 15) is 4.79 Å². The number of carbonyl (C=O) groups is 1. The molecule has 0 radical (unpaired) electrons. The molecule has 4 rings (SSSR count). The molecule has 0 unspecified atom stereocenters. The van der Waals surface area contributed by atoms with Crippen LogP contribution in [0.5, 0.6) is 5.75 Å². The molecule has 0 aromatic heterocycles. The van der Waals surface area contributed by atoms with E-state index in [0.717, 1.165) is 22.4 Å². The third-order valence-electron chi connectivity index (χ3n) is 6.59. The Kier molecular flexibility index (Phi) is 8.98. The molecule has 0 spiro atoms. The van der Waals surface area contributed by atoms with Gasteiger partial charge in [0.15, 0.2) is 0 Å². The number of carbonyl (C=O) groups excluding carboxylic acids is 1. The van der Waals surface area contributed by atoms with Gasteiger partial charge < -0.3 is 23.8 Å². The molecule has 1 fully saturated rings. The molecule has 38 heavy (non-hydrogen) atoms. The van der Waals surface area contributed by atoms with Gasteiger partial charge >= 0.3 is 6.09 Å². The van der Waals surface area contributed by atoms with E-state index in [0.29, 0.717) is 37.7 Å². The summed E-state index contributed by atoms with van der Waals surface area (Å²) in [6.45, 7) is 7.14. The second-order valence-electron chi connectivity index (χ2n) is 10.5. The van der Waals surface area contributed by atoms with Crippen molar-refractivity contribution in [1.82, 2.24) is 4.90 Å². The van der Waals surface area contributed by atoms with Gasteiger partial charge in [0.25, 0.3) is 0 Å². The third-order valence-corrected chi connectivity index (χ3v) is 6.85. The Morgan fingerprint density at radius 2 is 1.61 bits per heavy atom. The van der Waals surface area contributed by atoms with Gasteiger partial charge in [-0.05, 0) is 61.7 Å². The standard InChI is InChI=1S/C31H36ClNO5/c1-30(2,3)38-29(34)33-19-18-31(25-12-14-26(32)15-13-25,37-22-23-8-6-5-7-9-23)28(20-33)36-21-24-10-16-27(35-4)17-11-24/h5-17,28H,18-22H2,1-4H3/t28-,31-/m0/s1. The van der Waals surface area contributed by atoms with Crippen LogP contribution in [0.1, 0.15) is 43.9 Å². The van der Waals surface area contributed by atoms with Crippen molar-refractivity contribution in [2.45, 2.75) is 57.7 Å². The highest BCUT2D eigenvalue weighted by atomic mass is 35.5. The van der Waals surface area contributed by atoms with Crippen LogP contribution in [0.4, 0.5) is 4.79 Å². The van der Waals surface area contributed by atoms with Crippen LogP contribution in [-0.2, 0) is 33.0 Å². The molecule has 0 N–H and O–H groups in total. The average molecular weight is 538 g/mol. The van der Waals surface area contributed by atoms with Gasteiger partial charge in [-0.25, -0.2) is 4.79 Å². The van der Waals surface area contributed by atoms with Gasteiger partial charge in [-0.1, -0.05) is 66.2 Å². The van der Waals surface area contributed by atoms with Gasteiger partial charge in [0.2, 0.25) is 0 Å². The highest BCUT2D eigenvalue weighted by Gasteiger charge is 2.48. The van der Waals surface area contributed by atoms with E-state index in [1.54, 1.807) is 12.0 Å². The number of amides is 1. The summed E-state index contributed by atoms with van der Waals surface area (Å²) in [5.74, 6) is 0.782. The van der Waals surface area contributed by atoms with Crippen LogP contribution in [0.2, 0.25) is 5.02 Å². The molecule has 0 bridgehead atoms. The summed E-state index contributed by atoms with van der Waals surface area (Å²) >= 11 is 6.25. The first-order valence-corrected chi connectivity index (χ1v) is 13.2. The van der Waals surface area contributed by atoms with Crippen molar-refractivity contribution in [2.24, 2.45) is 0 Å². The number of ether oxygens (including phenoxy) is 4. The number of rotatable bonds is 8. The Balaban J connectivity index is 1.66. The minimum absolute atomic E-state index is 0.322. The molecule has 3 aromatic carbocycles. The third kappa shape index (κ3) is 7.07. The number of hydrogen-bond donors (Lipinski definition) is 0. The highest BCUT2D eigenvalue weighted by molar-refractivity contribution is 6.30. The summed E-state index contributed by atoms with van der Waals surface area (Å²) in [5, 5.41) is 0.647. The van der Waals surface area contributed by atoms with Crippen molar-refractivity contribution in [2.75, 3.05) is 20.2 Å². The average Bonchev–Trinajstić information content (AvgIpc) is 2.91. The van der Waals surface area contributed by atoms with Gasteiger partial charge in [0.1, 0.15) is 23.1 Å². The molecule has 3 aromatic rings. The Morgan fingerprint density at radius 3 is 2.24 bits per heavy atom. The fourth-order valence-corrected chi connectivity index (χ4v) is 4.72. The first kappa shape index (κ1) is 28.0. The maximum atomic E-state index is 13.1. The van der Waals surface area contributed by atoms with Crippen molar-refractivity contribution in [3.05, 3.63) is 101 Å². The van der Waals surface area contributed by atoms with E-state index in [4.69, 9.17) is 30.5 Å².